The Bertz CT molecular complexity index is 142. The molecule has 2 rings (SSSR count). The van der Waals surface area contributed by atoms with Crippen molar-refractivity contribution in [1.29, 1.82) is 0 Å². The van der Waals surface area contributed by atoms with Gasteiger partial charge in [0.1, 0.15) is 0 Å². The van der Waals surface area contributed by atoms with Crippen molar-refractivity contribution >= 4 is 0 Å². The Morgan fingerprint density at radius 2 is 2.25 bits per heavy atom. The van der Waals surface area contributed by atoms with Crippen LogP contribution in [0.2, 0.25) is 0 Å². The average Bonchev–Trinajstić information content (AvgIpc) is 2.49. The van der Waals surface area contributed by atoms with Crippen molar-refractivity contribution in [3.05, 3.63) is 0 Å². The molecule has 2 fully saturated rings. The second-order valence-electron chi connectivity index (χ2n) is 4.24. The number of hydrogen-bond donors (Lipinski definition) is 1. The normalized spacial score (nSPS) is 33.2. The minimum Gasteiger partial charge on any atom is -0.378 e. The summed E-state index contributed by atoms with van der Waals surface area (Å²) < 4.78 is 5.60. The highest BCUT2D eigenvalue weighted by molar-refractivity contribution is 4.94. The number of nitrogens with one attached hydrogen (secondary N) is 1. The number of methoxy groups -OCH3 is 1. The molecule has 1 saturated heterocycles. The van der Waals surface area contributed by atoms with Gasteiger partial charge in [-0.2, -0.15) is 0 Å². The summed E-state index contributed by atoms with van der Waals surface area (Å²) in [5.41, 5.74) is 0.266. The first-order chi connectivity index (χ1) is 5.85. The lowest BCUT2D eigenvalue weighted by atomic mass is 9.75. The molecule has 12 heavy (non-hydrogen) atoms. The fraction of sp³-hybridized carbons (Fsp3) is 1.00. The van der Waals surface area contributed by atoms with E-state index in [0.717, 1.165) is 6.04 Å². The second-order valence-corrected chi connectivity index (χ2v) is 4.24. The van der Waals surface area contributed by atoms with Crippen LogP contribution in [-0.4, -0.2) is 25.3 Å². The molecule has 1 aliphatic carbocycles. The lowest BCUT2D eigenvalue weighted by molar-refractivity contribution is -0.0824. The van der Waals surface area contributed by atoms with Gasteiger partial charge in [-0.1, -0.05) is 0 Å². The van der Waals surface area contributed by atoms with E-state index in [-0.39, 0.29) is 5.60 Å². The predicted octanol–water partition coefficient (Wildman–Crippen LogP) is 1.70. The third-order valence-corrected chi connectivity index (χ3v) is 3.48. The minimum absolute atomic E-state index is 0.266. The average molecular weight is 169 g/mol. The summed E-state index contributed by atoms with van der Waals surface area (Å²) in [5.74, 6) is 0. The first-order valence-corrected chi connectivity index (χ1v) is 5.13. The highest BCUT2D eigenvalue weighted by Crippen LogP contribution is 2.39. The van der Waals surface area contributed by atoms with E-state index >= 15 is 0 Å². The van der Waals surface area contributed by atoms with Crippen molar-refractivity contribution < 1.29 is 4.74 Å². The van der Waals surface area contributed by atoms with Crippen LogP contribution in [0.4, 0.5) is 0 Å². The van der Waals surface area contributed by atoms with Gasteiger partial charge in [-0.05, 0) is 45.1 Å². The van der Waals surface area contributed by atoms with E-state index in [1.54, 1.807) is 0 Å². The Balaban J connectivity index is 1.83. The quantitative estimate of drug-likeness (QED) is 0.694. The third-order valence-electron chi connectivity index (χ3n) is 3.48. The number of hydrogen-bond acceptors (Lipinski definition) is 2. The zero-order chi connectivity index (χ0) is 8.44. The van der Waals surface area contributed by atoms with E-state index in [0.29, 0.717) is 0 Å². The molecular weight excluding hydrogens is 150 g/mol. The van der Waals surface area contributed by atoms with Gasteiger partial charge in [0.25, 0.3) is 0 Å². The van der Waals surface area contributed by atoms with Crippen LogP contribution in [0.25, 0.3) is 0 Å². The summed E-state index contributed by atoms with van der Waals surface area (Å²) in [6, 6.07) is 0.741. The first-order valence-electron chi connectivity index (χ1n) is 5.13. The van der Waals surface area contributed by atoms with Crippen LogP contribution in [0.5, 0.6) is 0 Å². The second kappa shape index (κ2) is 3.35. The Morgan fingerprint density at radius 3 is 2.67 bits per heavy atom. The van der Waals surface area contributed by atoms with Crippen LogP contribution in [0, 0.1) is 0 Å². The zero-order valence-corrected chi connectivity index (χ0v) is 7.94. The molecule has 1 N–H and O–H groups in total. The molecule has 0 bridgehead atoms. The van der Waals surface area contributed by atoms with Gasteiger partial charge < -0.3 is 10.1 Å². The van der Waals surface area contributed by atoms with E-state index in [2.05, 4.69) is 5.32 Å². The molecule has 1 atom stereocenters. The van der Waals surface area contributed by atoms with Crippen LogP contribution in [0.1, 0.15) is 38.5 Å². The fourth-order valence-electron chi connectivity index (χ4n) is 2.44. The topological polar surface area (TPSA) is 21.3 Å². The lowest BCUT2D eigenvalue weighted by Crippen LogP contribution is -2.44. The molecule has 2 aliphatic rings. The predicted molar refractivity (Wildman–Crippen MR) is 49.2 cm³/mol. The van der Waals surface area contributed by atoms with Gasteiger partial charge in [0, 0.05) is 13.2 Å². The van der Waals surface area contributed by atoms with Gasteiger partial charge in [-0.25, -0.2) is 0 Å². The molecule has 1 unspecified atom stereocenters. The van der Waals surface area contributed by atoms with Gasteiger partial charge in [0.05, 0.1) is 5.60 Å². The highest BCUT2D eigenvalue weighted by Gasteiger charge is 2.39. The van der Waals surface area contributed by atoms with Crippen molar-refractivity contribution in [1.82, 2.24) is 5.32 Å². The summed E-state index contributed by atoms with van der Waals surface area (Å²) in [7, 11) is 1.87. The van der Waals surface area contributed by atoms with Crippen molar-refractivity contribution in [2.24, 2.45) is 0 Å². The first kappa shape index (κ1) is 8.52. The SMILES string of the molecule is COC1(CC2CCCN2)CCC1. The van der Waals surface area contributed by atoms with E-state index in [1.807, 2.05) is 7.11 Å². The molecule has 0 aromatic heterocycles. The molecule has 0 aromatic carbocycles. The maximum absolute atomic E-state index is 5.60. The molecule has 2 heteroatoms. The highest BCUT2D eigenvalue weighted by atomic mass is 16.5. The summed E-state index contributed by atoms with van der Waals surface area (Å²) in [4.78, 5) is 0. The molecule has 1 saturated carbocycles. The Morgan fingerprint density at radius 1 is 1.42 bits per heavy atom. The number of rotatable bonds is 3. The Kier molecular flexibility index (Phi) is 2.37. The molecule has 1 heterocycles. The van der Waals surface area contributed by atoms with Crippen molar-refractivity contribution in [2.75, 3.05) is 13.7 Å². The molecule has 0 spiro atoms. The zero-order valence-electron chi connectivity index (χ0n) is 7.94. The van der Waals surface area contributed by atoms with Gasteiger partial charge in [0.2, 0.25) is 0 Å². The van der Waals surface area contributed by atoms with Crippen molar-refractivity contribution in [3.8, 4) is 0 Å². The van der Waals surface area contributed by atoms with Gasteiger partial charge in [-0.15, -0.1) is 0 Å². The van der Waals surface area contributed by atoms with Crippen LogP contribution >= 0.6 is 0 Å². The van der Waals surface area contributed by atoms with Crippen LogP contribution in [0.3, 0.4) is 0 Å². The van der Waals surface area contributed by atoms with Crippen molar-refractivity contribution in [3.63, 3.8) is 0 Å². The Hall–Kier alpha value is -0.0800. The summed E-state index contributed by atoms with van der Waals surface area (Å²) in [6.45, 7) is 1.21. The molecular formula is C10H19NO. The number of ether oxygens (including phenoxy) is 1. The standard InChI is InChI=1S/C10H19NO/c1-12-10(5-3-6-10)8-9-4-2-7-11-9/h9,11H,2-8H2,1H3. The molecule has 0 aromatic rings. The van der Waals surface area contributed by atoms with Crippen LogP contribution in [-0.2, 0) is 4.74 Å². The summed E-state index contributed by atoms with van der Waals surface area (Å²) in [6.07, 6.45) is 7.86. The minimum atomic E-state index is 0.266. The van der Waals surface area contributed by atoms with Gasteiger partial charge in [-0.3, -0.25) is 0 Å². The maximum atomic E-state index is 5.60. The largest absolute Gasteiger partial charge is 0.378 e. The van der Waals surface area contributed by atoms with Gasteiger partial charge in [0.15, 0.2) is 0 Å². The van der Waals surface area contributed by atoms with E-state index in [9.17, 15) is 0 Å². The van der Waals surface area contributed by atoms with E-state index in [1.165, 1.54) is 45.1 Å². The molecule has 70 valence electrons. The van der Waals surface area contributed by atoms with E-state index in [4.69, 9.17) is 4.74 Å². The molecule has 0 radical (unpaired) electrons. The van der Waals surface area contributed by atoms with Crippen molar-refractivity contribution in [2.45, 2.75) is 50.2 Å². The fourth-order valence-corrected chi connectivity index (χ4v) is 2.44. The summed E-state index contributed by atoms with van der Waals surface area (Å²) in [5, 5.41) is 3.53. The van der Waals surface area contributed by atoms with Gasteiger partial charge >= 0.3 is 0 Å². The smallest absolute Gasteiger partial charge is 0.0693 e. The summed E-state index contributed by atoms with van der Waals surface area (Å²) >= 11 is 0. The molecule has 1 aliphatic heterocycles. The lowest BCUT2D eigenvalue weighted by Gasteiger charge is -2.42. The molecule has 2 nitrogen and oxygen atoms in total. The van der Waals surface area contributed by atoms with Crippen LogP contribution < -0.4 is 5.32 Å². The maximum Gasteiger partial charge on any atom is 0.0693 e. The van der Waals surface area contributed by atoms with E-state index < -0.39 is 0 Å². The Labute approximate surface area is 74.7 Å². The van der Waals surface area contributed by atoms with Crippen LogP contribution in [0.15, 0.2) is 0 Å². The monoisotopic (exact) mass is 169 g/mol. The molecule has 0 amide bonds. The third kappa shape index (κ3) is 1.50.